The lowest BCUT2D eigenvalue weighted by Crippen LogP contribution is -2.45. The number of benzene rings is 1. The lowest BCUT2D eigenvalue weighted by Gasteiger charge is -2.51. The molecule has 0 bridgehead atoms. The molecule has 5 rings (SSSR count). The van der Waals surface area contributed by atoms with Crippen molar-refractivity contribution in [1.82, 2.24) is 4.98 Å². The largest absolute Gasteiger partial charge is 0.497 e. The Balaban J connectivity index is 1.30. The monoisotopic (exact) mass is 468 g/mol. The Hall–Kier alpha value is -2.11. The topological polar surface area (TPSA) is 71.5 Å². The zero-order valence-electron chi connectivity index (χ0n) is 19.4. The number of hydrogen-bond donors (Lipinski definition) is 2. The Morgan fingerprint density at radius 3 is 2.97 bits per heavy atom. The summed E-state index contributed by atoms with van der Waals surface area (Å²) >= 11 is 6.27. The summed E-state index contributed by atoms with van der Waals surface area (Å²) in [4.78, 5) is 16.9. The molecule has 3 aliphatic rings. The predicted octanol–water partition coefficient (Wildman–Crippen LogP) is 5.61. The Labute approximate surface area is 200 Å². The zero-order chi connectivity index (χ0) is 23.2. The maximum Gasteiger partial charge on any atom is 0.225 e. The Morgan fingerprint density at radius 1 is 1.30 bits per heavy atom. The molecule has 2 saturated carbocycles. The van der Waals surface area contributed by atoms with Crippen molar-refractivity contribution in [3.63, 3.8) is 0 Å². The van der Waals surface area contributed by atoms with Crippen LogP contribution in [0.1, 0.15) is 62.5 Å². The third-order valence-corrected chi connectivity index (χ3v) is 8.99. The van der Waals surface area contributed by atoms with Gasteiger partial charge in [0.15, 0.2) is 0 Å². The van der Waals surface area contributed by atoms with Crippen LogP contribution < -0.4 is 10.1 Å². The lowest BCUT2D eigenvalue weighted by molar-refractivity contribution is -0.116. The fourth-order valence-electron chi connectivity index (χ4n) is 7.23. The van der Waals surface area contributed by atoms with Crippen molar-refractivity contribution in [1.29, 1.82) is 0 Å². The van der Waals surface area contributed by atoms with Gasteiger partial charge in [-0.3, -0.25) is 4.79 Å². The average Bonchev–Trinajstić information content (AvgIpc) is 3.07. The molecule has 1 amide bonds. The Bertz CT molecular complexity index is 1040. The molecule has 5 nitrogen and oxygen atoms in total. The van der Waals surface area contributed by atoms with Crippen LogP contribution in [0.15, 0.2) is 36.5 Å². The lowest BCUT2D eigenvalue weighted by atomic mass is 9.54. The third-order valence-electron chi connectivity index (χ3n) is 8.76. The number of rotatable bonds is 5. The fourth-order valence-corrected chi connectivity index (χ4v) is 7.43. The molecule has 0 aliphatic heterocycles. The predicted molar refractivity (Wildman–Crippen MR) is 130 cm³/mol. The van der Waals surface area contributed by atoms with Gasteiger partial charge in [-0.1, -0.05) is 24.6 Å². The maximum absolute atomic E-state index is 12.7. The average molecular weight is 469 g/mol. The second-order valence-corrected chi connectivity index (χ2v) is 10.8. The minimum Gasteiger partial charge on any atom is -0.497 e. The Kier molecular flexibility index (Phi) is 6.13. The molecule has 6 heteroatoms. The van der Waals surface area contributed by atoms with Crippen LogP contribution >= 0.6 is 11.6 Å². The summed E-state index contributed by atoms with van der Waals surface area (Å²) in [6.45, 7) is 2.29. The number of aliphatic hydroxyl groups excluding tert-OH is 1. The maximum atomic E-state index is 12.7. The highest BCUT2D eigenvalue weighted by Crippen LogP contribution is 2.63. The molecule has 2 aromatic rings. The van der Waals surface area contributed by atoms with E-state index in [1.54, 1.807) is 25.4 Å². The van der Waals surface area contributed by atoms with E-state index in [2.05, 4.69) is 29.4 Å². The van der Waals surface area contributed by atoms with Gasteiger partial charge in [-0.15, -0.1) is 0 Å². The van der Waals surface area contributed by atoms with Gasteiger partial charge < -0.3 is 15.2 Å². The summed E-state index contributed by atoms with van der Waals surface area (Å²) in [5, 5.41) is 14.8. The number of anilines is 1. The SMILES string of the molecule is COc1ccnc(NC(=O)CC[C@@H]2CC(O)[C@@]3(C)CCC4c5ccc(Cl)cc5CCC4C23)c1. The second-order valence-electron chi connectivity index (χ2n) is 10.4. The smallest absolute Gasteiger partial charge is 0.225 e. The van der Waals surface area contributed by atoms with E-state index in [0.29, 0.717) is 41.7 Å². The van der Waals surface area contributed by atoms with Crippen LogP contribution in [0.5, 0.6) is 5.75 Å². The number of fused-ring (bicyclic) bond motifs is 5. The molecule has 2 fully saturated rings. The van der Waals surface area contributed by atoms with Gasteiger partial charge in [-0.2, -0.15) is 0 Å². The number of pyridine rings is 1. The van der Waals surface area contributed by atoms with Gasteiger partial charge in [0.05, 0.1) is 13.2 Å². The molecule has 176 valence electrons. The van der Waals surface area contributed by atoms with Gasteiger partial charge in [-0.25, -0.2) is 4.98 Å². The number of ether oxygens (including phenoxy) is 1. The highest BCUT2D eigenvalue weighted by Gasteiger charge is 2.58. The molecule has 33 heavy (non-hydrogen) atoms. The van der Waals surface area contributed by atoms with Gasteiger partial charge in [0.2, 0.25) is 5.91 Å². The first-order chi connectivity index (χ1) is 15.9. The van der Waals surface area contributed by atoms with Gasteiger partial charge in [0, 0.05) is 23.7 Å². The molecule has 1 heterocycles. The van der Waals surface area contributed by atoms with Gasteiger partial charge in [-0.05, 0) is 96.9 Å². The molecule has 2 N–H and O–H groups in total. The number of aryl methyl sites for hydroxylation is 1. The number of carbonyl (C=O) groups is 1. The van der Waals surface area contributed by atoms with Gasteiger partial charge in [0.25, 0.3) is 0 Å². The number of hydrogen-bond acceptors (Lipinski definition) is 4. The van der Waals surface area contributed by atoms with E-state index in [-0.39, 0.29) is 17.4 Å². The number of amides is 1. The van der Waals surface area contributed by atoms with Gasteiger partial charge in [0.1, 0.15) is 11.6 Å². The van der Waals surface area contributed by atoms with Crippen molar-refractivity contribution in [3.8, 4) is 5.75 Å². The van der Waals surface area contributed by atoms with E-state index in [1.807, 2.05) is 6.07 Å². The molecule has 0 saturated heterocycles. The van der Waals surface area contributed by atoms with Crippen molar-refractivity contribution in [2.24, 2.45) is 23.2 Å². The number of nitrogens with one attached hydrogen (secondary N) is 1. The molecule has 0 spiro atoms. The van der Waals surface area contributed by atoms with Crippen molar-refractivity contribution in [2.45, 2.75) is 63.9 Å². The van der Waals surface area contributed by atoms with E-state index in [1.165, 1.54) is 11.1 Å². The van der Waals surface area contributed by atoms with Crippen LogP contribution in [-0.4, -0.2) is 29.2 Å². The van der Waals surface area contributed by atoms with Crippen molar-refractivity contribution >= 4 is 23.3 Å². The first kappa shape index (κ1) is 22.7. The Morgan fingerprint density at radius 2 is 2.15 bits per heavy atom. The van der Waals surface area contributed by atoms with E-state index >= 15 is 0 Å². The van der Waals surface area contributed by atoms with Gasteiger partial charge >= 0.3 is 0 Å². The van der Waals surface area contributed by atoms with E-state index in [0.717, 1.165) is 43.5 Å². The highest BCUT2D eigenvalue weighted by atomic mass is 35.5. The van der Waals surface area contributed by atoms with Crippen LogP contribution in [0, 0.1) is 23.2 Å². The molecular weight excluding hydrogens is 436 g/mol. The highest BCUT2D eigenvalue weighted by molar-refractivity contribution is 6.30. The molecule has 1 aromatic heterocycles. The number of nitrogens with zero attached hydrogens (tertiary/aromatic N) is 1. The summed E-state index contributed by atoms with van der Waals surface area (Å²) in [6, 6.07) is 9.87. The number of aromatic nitrogens is 1. The number of methoxy groups -OCH3 is 1. The standard InChI is InChI=1S/C27H33ClN2O3/c1-27-11-9-21-20-7-5-18(28)13-16(20)3-6-22(21)26(27)17(14-23(27)31)4-8-25(32)30-24-15-19(33-2)10-12-29-24/h5,7,10,12-13,15,17,21-23,26,31H,3-4,6,8-9,11,14H2,1-2H3,(H,29,30,32)/t17-,21?,22?,23?,26?,27-/m1/s1. The molecule has 3 aliphatic carbocycles. The molecule has 0 radical (unpaired) electrons. The van der Waals surface area contributed by atoms with Crippen LogP contribution in [0.4, 0.5) is 5.82 Å². The normalized spacial score (nSPS) is 32.4. The summed E-state index contributed by atoms with van der Waals surface area (Å²) < 4.78 is 5.22. The van der Waals surface area contributed by atoms with Crippen molar-refractivity contribution < 1.29 is 14.6 Å². The number of carbonyl (C=O) groups excluding carboxylic acids is 1. The minimum atomic E-state index is -0.289. The zero-order valence-corrected chi connectivity index (χ0v) is 20.1. The number of halogens is 1. The van der Waals surface area contributed by atoms with E-state index < -0.39 is 0 Å². The quantitative estimate of drug-likeness (QED) is 0.598. The molecule has 1 aromatic carbocycles. The summed E-state index contributed by atoms with van der Waals surface area (Å²) in [5.74, 6) is 3.04. The first-order valence-electron chi connectivity index (χ1n) is 12.2. The molecule has 6 atom stereocenters. The molecular formula is C27H33ClN2O3. The van der Waals surface area contributed by atoms with Crippen molar-refractivity contribution in [3.05, 3.63) is 52.7 Å². The van der Waals surface area contributed by atoms with Crippen LogP contribution in [0.25, 0.3) is 0 Å². The summed E-state index contributed by atoms with van der Waals surface area (Å²) in [6.07, 6.45) is 7.72. The summed E-state index contributed by atoms with van der Waals surface area (Å²) in [7, 11) is 1.60. The van der Waals surface area contributed by atoms with Crippen LogP contribution in [0.2, 0.25) is 5.02 Å². The van der Waals surface area contributed by atoms with Crippen LogP contribution in [-0.2, 0) is 11.2 Å². The van der Waals surface area contributed by atoms with E-state index in [4.69, 9.17) is 16.3 Å². The second kappa shape index (κ2) is 8.92. The molecule has 4 unspecified atom stereocenters. The fraction of sp³-hybridized carbons (Fsp3) is 0.556. The van der Waals surface area contributed by atoms with E-state index in [9.17, 15) is 9.90 Å². The van der Waals surface area contributed by atoms with Crippen LogP contribution in [0.3, 0.4) is 0 Å². The summed E-state index contributed by atoms with van der Waals surface area (Å²) in [5.41, 5.74) is 2.80. The minimum absolute atomic E-state index is 0.0326. The third kappa shape index (κ3) is 4.15. The van der Waals surface area contributed by atoms with Crippen molar-refractivity contribution in [2.75, 3.05) is 12.4 Å². The number of aliphatic hydroxyl groups is 1. The first-order valence-corrected chi connectivity index (χ1v) is 12.5.